The van der Waals surface area contributed by atoms with Crippen molar-refractivity contribution in [1.29, 1.82) is 0 Å². The van der Waals surface area contributed by atoms with Crippen LogP contribution in [0.5, 0.6) is 0 Å². The maximum atomic E-state index is 12.2. The zero-order valence-corrected chi connectivity index (χ0v) is 13.8. The van der Waals surface area contributed by atoms with Gasteiger partial charge in [-0.05, 0) is 18.1 Å². The van der Waals surface area contributed by atoms with Gasteiger partial charge in [-0.15, -0.1) is 0 Å². The molecule has 1 aliphatic rings. The lowest BCUT2D eigenvalue weighted by Crippen LogP contribution is -2.37. The highest BCUT2D eigenvalue weighted by Gasteiger charge is 2.20. The van der Waals surface area contributed by atoms with Crippen molar-refractivity contribution in [2.45, 2.75) is 6.42 Å². The molecule has 1 aliphatic heterocycles. The number of hydrogen-bond donors (Lipinski definition) is 1. The van der Waals surface area contributed by atoms with Crippen LogP contribution in [0, 0.1) is 10.1 Å². The first-order valence-electron chi connectivity index (χ1n) is 7.96. The van der Waals surface area contributed by atoms with Crippen LogP contribution in [0.4, 0.5) is 5.69 Å². The molecule has 132 valence electrons. The minimum absolute atomic E-state index is 0.0931. The van der Waals surface area contributed by atoms with Crippen LogP contribution in [0.1, 0.15) is 15.9 Å². The van der Waals surface area contributed by atoms with Gasteiger partial charge >= 0.3 is 0 Å². The van der Waals surface area contributed by atoms with E-state index in [2.05, 4.69) is 10.2 Å². The highest BCUT2D eigenvalue weighted by atomic mass is 16.6. The van der Waals surface area contributed by atoms with E-state index in [9.17, 15) is 14.9 Å². The molecule has 2 rings (SSSR count). The summed E-state index contributed by atoms with van der Waals surface area (Å²) in [5.74, 6) is -0.452. The largest absolute Gasteiger partial charge is 0.383 e. The lowest BCUT2D eigenvalue weighted by molar-refractivity contribution is -0.385. The molecule has 0 radical (unpaired) electrons. The Balaban J connectivity index is 2.05. The summed E-state index contributed by atoms with van der Waals surface area (Å²) < 4.78 is 10.2. The van der Waals surface area contributed by atoms with E-state index in [0.29, 0.717) is 13.2 Å². The summed E-state index contributed by atoms with van der Waals surface area (Å²) in [6.45, 7) is 4.74. The third-order valence-corrected chi connectivity index (χ3v) is 3.91. The Morgan fingerprint density at radius 3 is 2.83 bits per heavy atom. The maximum Gasteiger partial charge on any atom is 0.282 e. The van der Waals surface area contributed by atoms with E-state index >= 15 is 0 Å². The van der Waals surface area contributed by atoms with Crippen molar-refractivity contribution in [2.75, 3.05) is 53.1 Å². The molecule has 0 unspecified atom stereocenters. The van der Waals surface area contributed by atoms with Crippen molar-refractivity contribution in [1.82, 2.24) is 10.2 Å². The van der Waals surface area contributed by atoms with E-state index in [1.807, 2.05) is 0 Å². The molecule has 0 saturated carbocycles. The normalized spacial score (nSPS) is 15.2. The molecule has 0 atom stereocenters. The van der Waals surface area contributed by atoms with Gasteiger partial charge in [-0.25, -0.2) is 0 Å². The van der Waals surface area contributed by atoms with E-state index in [4.69, 9.17) is 9.47 Å². The molecule has 1 amide bonds. The van der Waals surface area contributed by atoms with Crippen LogP contribution in [-0.4, -0.2) is 68.8 Å². The average molecular weight is 337 g/mol. The molecule has 1 aromatic rings. The molecular formula is C16H23N3O5. The Morgan fingerprint density at radius 2 is 2.17 bits per heavy atom. The maximum absolute atomic E-state index is 12.2. The third-order valence-electron chi connectivity index (χ3n) is 3.91. The Bertz CT molecular complexity index is 573. The Labute approximate surface area is 140 Å². The zero-order chi connectivity index (χ0) is 17.4. The second-order valence-corrected chi connectivity index (χ2v) is 5.56. The van der Waals surface area contributed by atoms with E-state index in [1.165, 1.54) is 13.2 Å². The van der Waals surface area contributed by atoms with Gasteiger partial charge in [0, 0.05) is 39.4 Å². The van der Waals surface area contributed by atoms with Crippen molar-refractivity contribution in [3.8, 4) is 0 Å². The average Bonchev–Trinajstić information content (AvgIpc) is 2.60. The van der Waals surface area contributed by atoms with Gasteiger partial charge in [-0.2, -0.15) is 0 Å². The number of benzene rings is 1. The predicted molar refractivity (Wildman–Crippen MR) is 88.3 cm³/mol. The van der Waals surface area contributed by atoms with Crippen molar-refractivity contribution in [2.24, 2.45) is 0 Å². The van der Waals surface area contributed by atoms with Crippen LogP contribution in [0.15, 0.2) is 18.2 Å². The Morgan fingerprint density at radius 1 is 1.42 bits per heavy atom. The van der Waals surface area contributed by atoms with Gasteiger partial charge < -0.3 is 14.8 Å². The number of carbonyl (C=O) groups excluding carboxylic acids is 1. The molecule has 8 nitrogen and oxygen atoms in total. The highest BCUT2D eigenvalue weighted by Crippen LogP contribution is 2.20. The summed E-state index contributed by atoms with van der Waals surface area (Å²) in [6, 6.07) is 4.73. The highest BCUT2D eigenvalue weighted by molar-refractivity contribution is 5.98. The molecule has 0 aliphatic carbocycles. The van der Waals surface area contributed by atoms with Crippen LogP contribution in [0.2, 0.25) is 0 Å². The van der Waals surface area contributed by atoms with Gasteiger partial charge in [0.25, 0.3) is 11.6 Å². The fourth-order valence-electron chi connectivity index (χ4n) is 2.55. The second kappa shape index (κ2) is 9.31. The quantitative estimate of drug-likeness (QED) is 0.429. The van der Waals surface area contributed by atoms with Gasteiger partial charge in [-0.1, -0.05) is 6.07 Å². The monoisotopic (exact) mass is 337 g/mol. The van der Waals surface area contributed by atoms with Gasteiger partial charge in [0.15, 0.2) is 0 Å². The number of hydrogen-bond acceptors (Lipinski definition) is 6. The standard InChI is InChI=1S/C16H23N3O5/c1-23-9-5-17-16(20)14-12-13(2-3-15(14)19(21)22)4-6-18-7-10-24-11-8-18/h2-3,12H,4-11H2,1H3,(H,17,20). The molecule has 0 spiro atoms. The first-order valence-corrected chi connectivity index (χ1v) is 7.96. The number of nitrogens with one attached hydrogen (secondary N) is 1. The van der Waals surface area contributed by atoms with Gasteiger partial charge in [-0.3, -0.25) is 19.8 Å². The lowest BCUT2D eigenvalue weighted by atomic mass is 10.0. The first-order chi connectivity index (χ1) is 11.6. The number of amides is 1. The van der Waals surface area contributed by atoms with Gasteiger partial charge in [0.1, 0.15) is 5.56 Å². The van der Waals surface area contributed by atoms with Crippen LogP contribution in [0.3, 0.4) is 0 Å². The van der Waals surface area contributed by atoms with Crippen LogP contribution in [-0.2, 0) is 15.9 Å². The van der Waals surface area contributed by atoms with Crippen molar-refractivity contribution < 1.29 is 19.2 Å². The molecule has 1 aromatic carbocycles. The van der Waals surface area contributed by atoms with Crippen molar-refractivity contribution in [3.05, 3.63) is 39.4 Å². The molecule has 24 heavy (non-hydrogen) atoms. The summed E-state index contributed by atoms with van der Waals surface area (Å²) in [7, 11) is 1.53. The Kier molecular flexibility index (Phi) is 7.10. The van der Waals surface area contributed by atoms with E-state index in [0.717, 1.165) is 44.8 Å². The zero-order valence-electron chi connectivity index (χ0n) is 13.8. The van der Waals surface area contributed by atoms with Gasteiger partial charge in [0.2, 0.25) is 0 Å². The van der Waals surface area contributed by atoms with Crippen molar-refractivity contribution in [3.63, 3.8) is 0 Å². The van der Waals surface area contributed by atoms with Crippen LogP contribution in [0.25, 0.3) is 0 Å². The first kappa shape index (κ1) is 18.3. The number of nitrogens with zero attached hydrogens (tertiary/aromatic N) is 2. The molecule has 8 heteroatoms. The molecule has 1 N–H and O–H groups in total. The number of ether oxygens (including phenoxy) is 2. The molecule has 0 aromatic heterocycles. The molecule has 0 bridgehead atoms. The van der Waals surface area contributed by atoms with E-state index < -0.39 is 10.8 Å². The minimum Gasteiger partial charge on any atom is -0.383 e. The predicted octanol–water partition coefficient (Wildman–Crippen LogP) is 0.846. The molecular weight excluding hydrogens is 314 g/mol. The smallest absolute Gasteiger partial charge is 0.282 e. The third kappa shape index (κ3) is 5.26. The van der Waals surface area contributed by atoms with Gasteiger partial charge in [0.05, 0.1) is 24.7 Å². The summed E-state index contributed by atoms with van der Waals surface area (Å²) in [5, 5.41) is 13.8. The number of carbonyl (C=O) groups is 1. The number of nitro benzene ring substituents is 1. The fraction of sp³-hybridized carbons (Fsp3) is 0.562. The van der Waals surface area contributed by atoms with Crippen LogP contribution >= 0.6 is 0 Å². The lowest BCUT2D eigenvalue weighted by Gasteiger charge is -2.26. The second-order valence-electron chi connectivity index (χ2n) is 5.56. The fourth-order valence-corrected chi connectivity index (χ4v) is 2.55. The topological polar surface area (TPSA) is 93.9 Å². The summed E-state index contributed by atoms with van der Waals surface area (Å²) in [6.07, 6.45) is 0.732. The minimum atomic E-state index is -0.531. The molecule has 1 saturated heterocycles. The van der Waals surface area contributed by atoms with Crippen molar-refractivity contribution >= 4 is 11.6 Å². The number of morpholine rings is 1. The molecule has 1 fully saturated rings. The van der Waals surface area contributed by atoms with Crippen LogP contribution < -0.4 is 5.32 Å². The Hall–Kier alpha value is -2.03. The summed E-state index contributed by atoms with van der Waals surface area (Å²) >= 11 is 0. The van der Waals surface area contributed by atoms with E-state index in [1.54, 1.807) is 12.1 Å². The summed E-state index contributed by atoms with van der Waals surface area (Å²) in [4.78, 5) is 25.1. The molecule has 1 heterocycles. The number of rotatable bonds is 8. The van der Waals surface area contributed by atoms with E-state index in [-0.39, 0.29) is 11.3 Å². The SMILES string of the molecule is COCCNC(=O)c1cc(CCN2CCOCC2)ccc1[N+](=O)[O-]. The number of nitro groups is 1. The summed E-state index contributed by atoms with van der Waals surface area (Å²) in [5.41, 5.74) is 0.819. The number of methoxy groups -OCH3 is 1.